The first-order valence-corrected chi connectivity index (χ1v) is 5.27. The Morgan fingerprint density at radius 3 is 2.68 bits per heavy atom. The first-order chi connectivity index (χ1) is 8.92. The van der Waals surface area contributed by atoms with E-state index in [0.717, 1.165) is 0 Å². The van der Waals surface area contributed by atoms with Crippen molar-refractivity contribution >= 4 is 5.84 Å². The molecule has 0 spiro atoms. The van der Waals surface area contributed by atoms with Gasteiger partial charge in [-0.25, -0.2) is 0 Å². The Bertz CT molecular complexity index is 435. The van der Waals surface area contributed by atoms with Crippen LogP contribution < -0.4 is 10.5 Å². The maximum Gasteiger partial charge on any atom is 0.411 e. The van der Waals surface area contributed by atoms with Crippen molar-refractivity contribution in [3.63, 3.8) is 0 Å². The number of nitrogens with zero attached hydrogens (tertiary/aromatic N) is 1. The summed E-state index contributed by atoms with van der Waals surface area (Å²) in [7, 11) is 0. The van der Waals surface area contributed by atoms with Crippen LogP contribution in [-0.4, -0.2) is 37.0 Å². The standard InChI is InChI=1S/C11H13F3N2O3/c12-11(13,14)7-18-4-5-19-9-3-1-2-8(6-9)10(15)16-17/h1-3,6,17H,4-5,7H2,(H2,15,16). The van der Waals surface area contributed by atoms with Crippen LogP contribution in [0, 0.1) is 0 Å². The van der Waals surface area contributed by atoms with E-state index in [4.69, 9.17) is 15.7 Å². The van der Waals surface area contributed by atoms with Crippen LogP contribution in [0.15, 0.2) is 29.4 Å². The predicted molar refractivity (Wildman–Crippen MR) is 61.3 cm³/mol. The van der Waals surface area contributed by atoms with E-state index in [9.17, 15) is 13.2 Å². The predicted octanol–water partition coefficient (Wildman–Crippen LogP) is 1.74. The molecule has 0 aliphatic rings. The molecule has 0 heterocycles. The van der Waals surface area contributed by atoms with Crippen LogP contribution in [0.25, 0.3) is 0 Å². The number of ether oxygens (including phenoxy) is 2. The Kier molecular flexibility index (Phi) is 5.43. The molecule has 0 saturated heterocycles. The van der Waals surface area contributed by atoms with E-state index in [2.05, 4.69) is 9.89 Å². The summed E-state index contributed by atoms with van der Waals surface area (Å²) >= 11 is 0. The third-order valence-corrected chi connectivity index (χ3v) is 2.00. The maximum absolute atomic E-state index is 11.8. The van der Waals surface area contributed by atoms with Gasteiger partial charge in [-0.15, -0.1) is 0 Å². The van der Waals surface area contributed by atoms with E-state index in [1.165, 1.54) is 6.07 Å². The minimum atomic E-state index is -4.34. The number of oxime groups is 1. The van der Waals surface area contributed by atoms with Gasteiger partial charge in [-0.2, -0.15) is 13.2 Å². The second-order valence-corrected chi connectivity index (χ2v) is 3.53. The van der Waals surface area contributed by atoms with Gasteiger partial charge < -0.3 is 20.4 Å². The van der Waals surface area contributed by atoms with Crippen LogP contribution in [-0.2, 0) is 4.74 Å². The highest BCUT2D eigenvalue weighted by atomic mass is 19.4. The SMILES string of the molecule is N/C(=N/O)c1cccc(OCCOCC(F)(F)F)c1. The van der Waals surface area contributed by atoms with Crippen LogP contribution in [0.4, 0.5) is 13.2 Å². The van der Waals surface area contributed by atoms with E-state index >= 15 is 0 Å². The van der Waals surface area contributed by atoms with Gasteiger partial charge >= 0.3 is 6.18 Å². The van der Waals surface area contributed by atoms with Crippen molar-refractivity contribution in [1.29, 1.82) is 0 Å². The fourth-order valence-corrected chi connectivity index (χ4v) is 1.21. The number of nitrogens with two attached hydrogens (primary N) is 1. The fourth-order valence-electron chi connectivity index (χ4n) is 1.21. The Morgan fingerprint density at radius 1 is 1.32 bits per heavy atom. The molecule has 8 heteroatoms. The molecule has 1 aromatic carbocycles. The normalized spacial score (nSPS) is 12.5. The molecule has 5 nitrogen and oxygen atoms in total. The Morgan fingerprint density at radius 2 is 2.05 bits per heavy atom. The Labute approximate surface area is 107 Å². The van der Waals surface area contributed by atoms with Crippen molar-refractivity contribution < 1.29 is 27.9 Å². The van der Waals surface area contributed by atoms with Crippen LogP contribution >= 0.6 is 0 Å². The summed E-state index contributed by atoms with van der Waals surface area (Å²) < 4.78 is 44.9. The van der Waals surface area contributed by atoms with Gasteiger partial charge in [0.15, 0.2) is 5.84 Å². The summed E-state index contributed by atoms with van der Waals surface area (Å²) in [5.74, 6) is 0.304. The zero-order valence-corrected chi connectivity index (χ0v) is 9.85. The van der Waals surface area contributed by atoms with Gasteiger partial charge in [-0.05, 0) is 12.1 Å². The first-order valence-electron chi connectivity index (χ1n) is 5.27. The zero-order chi connectivity index (χ0) is 14.3. The van der Waals surface area contributed by atoms with Crippen LogP contribution in [0.3, 0.4) is 0 Å². The molecule has 1 aromatic rings. The molecule has 106 valence electrons. The molecule has 0 unspecified atom stereocenters. The highest BCUT2D eigenvalue weighted by Crippen LogP contribution is 2.15. The summed E-state index contributed by atoms with van der Waals surface area (Å²) in [6, 6.07) is 6.30. The first kappa shape index (κ1) is 15.1. The van der Waals surface area contributed by atoms with Gasteiger partial charge in [0.05, 0.1) is 6.61 Å². The summed E-state index contributed by atoms with van der Waals surface area (Å²) in [5.41, 5.74) is 5.82. The topological polar surface area (TPSA) is 77.1 Å². The van der Waals surface area contributed by atoms with Crippen molar-refractivity contribution in [1.82, 2.24) is 0 Å². The summed E-state index contributed by atoms with van der Waals surface area (Å²) in [5, 5.41) is 11.3. The van der Waals surface area contributed by atoms with Crippen molar-refractivity contribution in [3.05, 3.63) is 29.8 Å². The fraction of sp³-hybridized carbons (Fsp3) is 0.364. The minimum Gasteiger partial charge on any atom is -0.491 e. The van der Waals surface area contributed by atoms with E-state index < -0.39 is 12.8 Å². The van der Waals surface area contributed by atoms with Gasteiger partial charge in [0.2, 0.25) is 0 Å². The van der Waals surface area contributed by atoms with Crippen molar-refractivity contribution in [2.45, 2.75) is 6.18 Å². The van der Waals surface area contributed by atoms with Crippen molar-refractivity contribution in [2.24, 2.45) is 10.9 Å². The highest BCUT2D eigenvalue weighted by Gasteiger charge is 2.27. The lowest BCUT2D eigenvalue weighted by Crippen LogP contribution is -2.19. The minimum absolute atomic E-state index is 0.0320. The highest BCUT2D eigenvalue weighted by molar-refractivity contribution is 5.97. The van der Waals surface area contributed by atoms with Crippen LogP contribution in [0.2, 0.25) is 0 Å². The van der Waals surface area contributed by atoms with Gasteiger partial charge in [-0.3, -0.25) is 0 Å². The molecule has 0 aliphatic carbocycles. The molecule has 1 rings (SSSR count). The molecule has 0 aliphatic heterocycles. The molecule has 0 radical (unpaired) electrons. The molecule has 19 heavy (non-hydrogen) atoms. The molecular weight excluding hydrogens is 265 g/mol. The van der Waals surface area contributed by atoms with Gasteiger partial charge in [0, 0.05) is 5.56 Å². The number of amidine groups is 1. The molecule has 0 amide bonds. The quantitative estimate of drug-likeness (QED) is 0.273. The monoisotopic (exact) mass is 278 g/mol. The second kappa shape index (κ2) is 6.83. The van der Waals surface area contributed by atoms with E-state index in [1.54, 1.807) is 18.2 Å². The zero-order valence-electron chi connectivity index (χ0n) is 9.85. The van der Waals surface area contributed by atoms with Gasteiger partial charge in [0.1, 0.15) is 19.0 Å². The number of rotatable bonds is 6. The Hall–Kier alpha value is -1.96. The molecule has 0 aromatic heterocycles. The second-order valence-electron chi connectivity index (χ2n) is 3.53. The lowest BCUT2D eigenvalue weighted by atomic mass is 10.2. The third-order valence-electron chi connectivity index (χ3n) is 2.00. The Balaban J connectivity index is 2.38. The number of alkyl halides is 3. The maximum atomic E-state index is 11.8. The molecule has 0 bridgehead atoms. The van der Waals surface area contributed by atoms with E-state index in [0.29, 0.717) is 11.3 Å². The molecule has 0 atom stereocenters. The van der Waals surface area contributed by atoms with Gasteiger partial charge in [-0.1, -0.05) is 17.3 Å². The van der Waals surface area contributed by atoms with Crippen molar-refractivity contribution in [3.8, 4) is 5.75 Å². The number of hydrogen-bond donors (Lipinski definition) is 2. The number of benzene rings is 1. The van der Waals surface area contributed by atoms with E-state index in [1.807, 2.05) is 0 Å². The van der Waals surface area contributed by atoms with Crippen molar-refractivity contribution in [2.75, 3.05) is 19.8 Å². The smallest absolute Gasteiger partial charge is 0.411 e. The average Bonchev–Trinajstić information content (AvgIpc) is 2.36. The van der Waals surface area contributed by atoms with E-state index in [-0.39, 0.29) is 19.0 Å². The van der Waals surface area contributed by atoms with Crippen LogP contribution in [0.1, 0.15) is 5.56 Å². The lowest BCUT2D eigenvalue weighted by Gasteiger charge is -2.09. The lowest BCUT2D eigenvalue weighted by molar-refractivity contribution is -0.175. The summed E-state index contributed by atoms with van der Waals surface area (Å²) in [6.45, 7) is -1.52. The largest absolute Gasteiger partial charge is 0.491 e. The number of hydrogen-bond acceptors (Lipinski definition) is 4. The summed E-state index contributed by atoms with van der Waals surface area (Å²) in [6.07, 6.45) is -4.34. The third kappa shape index (κ3) is 5.96. The average molecular weight is 278 g/mol. The molecule has 0 fully saturated rings. The molecule has 3 N–H and O–H groups in total. The summed E-state index contributed by atoms with van der Waals surface area (Å²) in [4.78, 5) is 0. The van der Waals surface area contributed by atoms with Gasteiger partial charge in [0.25, 0.3) is 0 Å². The molecule has 0 saturated carbocycles. The molecular formula is C11H13F3N2O3. The number of halogens is 3. The van der Waals surface area contributed by atoms with Crippen LogP contribution in [0.5, 0.6) is 5.75 Å².